The van der Waals surface area contributed by atoms with Crippen molar-refractivity contribution >= 4 is 70.0 Å². The number of aliphatic carboxylic acids is 2. The maximum atomic E-state index is 13.6. The Kier molecular flexibility index (Phi) is 8.36. The number of carboxylic acids is 2. The Bertz CT molecular complexity index is 2390. The molecule has 12 nitrogen and oxygen atoms in total. The average molecular weight is 788 g/mol. The van der Waals surface area contributed by atoms with Gasteiger partial charge in [0.15, 0.2) is 11.6 Å². The summed E-state index contributed by atoms with van der Waals surface area (Å²) in [6, 6.07) is 30.8. The van der Waals surface area contributed by atoms with Crippen LogP contribution in [-0.2, 0) is 43.1 Å². The summed E-state index contributed by atoms with van der Waals surface area (Å²) in [4.78, 5) is 60.9. The van der Waals surface area contributed by atoms with Gasteiger partial charge in [-0.3, -0.25) is 29.0 Å². The summed E-state index contributed by atoms with van der Waals surface area (Å²) in [5.41, 5.74) is 4.59. The molecule has 4 heterocycles. The van der Waals surface area contributed by atoms with Crippen LogP contribution in [0.4, 0.5) is 23.0 Å². The second kappa shape index (κ2) is 13.2. The Labute approximate surface area is 330 Å². The summed E-state index contributed by atoms with van der Waals surface area (Å²) >= 11 is 12.0. The van der Waals surface area contributed by atoms with Gasteiger partial charge >= 0.3 is 11.9 Å². The average Bonchev–Trinajstić information content (AvgIpc) is 3.91. The lowest BCUT2D eigenvalue weighted by Gasteiger charge is -2.15. The molecule has 4 aromatic carbocycles. The molecule has 2 saturated carbocycles. The summed E-state index contributed by atoms with van der Waals surface area (Å²) in [7, 11) is 0. The summed E-state index contributed by atoms with van der Waals surface area (Å²) in [6.07, 6.45) is 7.54. The van der Waals surface area contributed by atoms with E-state index in [4.69, 9.17) is 33.4 Å². The highest BCUT2D eigenvalue weighted by atomic mass is 35.5. The molecule has 2 spiro atoms. The predicted molar refractivity (Wildman–Crippen MR) is 208 cm³/mol. The zero-order chi connectivity index (χ0) is 38.9. The van der Waals surface area contributed by atoms with E-state index < -0.39 is 22.8 Å². The van der Waals surface area contributed by atoms with Crippen molar-refractivity contribution in [1.29, 1.82) is 0 Å². The minimum absolute atomic E-state index is 0.0192. The third kappa shape index (κ3) is 5.67. The van der Waals surface area contributed by atoms with Crippen LogP contribution >= 0.6 is 23.2 Å². The predicted octanol–water partition coefficient (Wildman–Crippen LogP) is 7.45. The number of halogens is 2. The fourth-order valence-electron chi connectivity index (χ4n) is 8.60. The minimum Gasteiger partial charge on any atom is -0.480 e. The molecule has 280 valence electrons. The standard InChI is InChI=1S/2C21H16ClN3O3/c2*22-14-7-5-13(6-8-14)16-9-21(16)15-3-1-2-4-17(15)25(20(21)28)18-10-24(12-23-18)11-19(26)27/h2*1-8,10,12,16H,9,11H2,(H,26,27)/t2*16-,21-/m10/s1. The number of anilines is 4. The van der Waals surface area contributed by atoms with Gasteiger partial charge in [0.1, 0.15) is 13.1 Å². The number of amides is 2. The molecule has 2 N–H and O–H groups in total. The molecule has 2 aliphatic heterocycles. The molecule has 4 aliphatic rings. The second-order valence-corrected chi connectivity index (χ2v) is 15.3. The van der Waals surface area contributed by atoms with Gasteiger partial charge in [0, 0.05) is 34.3 Å². The molecular weight excluding hydrogens is 755 g/mol. The summed E-state index contributed by atoms with van der Waals surface area (Å²) in [5.74, 6) is -0.899. The number of carbonyl (C=O) groups is 4. The molecular formula is C42H32Cl2N6O6. The Morgan fingerprint density at radius 3 is 1.36 bits per heavy atom. The molecule has 56 heavy (non-hydrogen) atoms. The Balaban J connectivity index is 0.000000146. The van der Waals surface area contributed by atoms with E-state index in [1.54, 1.807) is 22.2 Å². The van der Waals surface area contributed by atoms with Crippen LogP contribution in [0, 0.1) is 0 Å². The number of carboxylic acid groups (broad SMARTS) is 2. The second-order valence-electron chi connectivity index (χ2n) is 14.5. The zero-order valence-electron chi connectivity index (χ0n) is 29.5. The topological polar surface area (TPSA) is 151 Å². The minimum atomic E-state index is -0.960. The summed E-state index contributed by atoms with van der Waals surface area (Å²) in [5, 5.41) is 19.3. The Morgan fingerprint density at radius 2 is 0.982 bits per heavy atom. The number of nitrogens with zero attached hydrogens (tertiary/aromatic N) is 6. The van der Waals surface area contributed by atoms with Gasteiger partial charge in [-0.15, -0.1) is 0 Å². The first-order valence-electron chi connectivity index (χ1n) is 17.9. The number of benzene rings is 4. The number of hydrogen-bond acceptors (Lipinski definition) is 6. The maximum absolute atomic E-state index is 13.6. The van der Waals surface area contributed by atoms with E-state index in [1.165, 1.54) is 21.8 Å². The molecule has 4 atom stereocenters. The number of aromatic nitrogens is 4. The normalized spacial score (nSPS) is 22.5. The molecule has 2 aromatic heterocycles. The monoisotopic (exact) mass is 786 g/mol. The first-order valence-corrected chi connectivity index (χ1v) is 18.6. The van der Waals surface area contributed by atoms with E-state index >= 15 is 0 Å². The molecule has 10 rings (SSSR count). The van der Waals surface area contributed by atoms with Crippen molar-refractivity contribution in [1.82, 2.24) is 19.1 Å². The van der Waals surface area contributed by atoms with Crippen molar-refractivity contribution in [2.24, 2.45) is 0 Å². The third-order valence-electron chi connectivity index (χ3n) is 11.2. The van der Waals surface area contributed by atoms with E-state index in [0.717, 1.165) is 46.5 Å². The number of fused-ring (bicyclic) bond motifs is 4. The van der Waals surface area contributed by atoms with Crippen molar-refractivity contribution < 1.29 is 29.4 Å². The molecule has 6 aromatic rings. The fraction of sp³-hybridized carbons (Fsp3) is 0.190. The number of para-hydroxylation sites is 2. The van der Waals surface area contributed by atoms with Gasteiger partial charge in [-0.1, -0.05) is 83.9 Å². The molecule has 0 bridgehead atoms. The Morgan fingerprint density at radius 1 is 0.607 bits per heavy atom. The van der Waals surface area contributed by atoms with Crippen LogP contribution in [0.15, 0.2) is 122 Å². The van der Waals surface area contributed by atoms with Crippen molar-refractivity contribution in [2.45, 2.75) is 48.6 Å². The SMILES string of the molecule is O=C(O)Cn1cnc(N2C(=O)[C@@]3(C[C@H]3c3ccc(Cl)cc3)c3ccccc32)c1.O=C(O)Cn1cnc(N2C(=O)[C@]3(C[C@@H]3c3ccc(Cl)cc3)c3ccccc32)c1. The Hall–Kier alpha value is -6.24. The lowest BCUT2D eigenvalue weighted by Crippen LogP contribution is -2.29. The van der Waals surface area contributed by atoms with Gasteiger partial charge in [0.2, 0.25) is 11.8 Å². The number of rotatable bonds is 8. The first-order chi connectivity index (χ1) is 27.0. The van der Waals surface area contributed by atoms with E-state index in [0.29, 0.717) is 21.7 Å². The fourth-order valence-corrected chi connectivity index (χ4v) is 8.85. The number of hydrogen-bond donors (Lipinski definition) is 2. The lowest BCUT2D eigenvalue weighted by molar-refractivity contribution is -0.138. The van der Waals surface area contributed by atoms with Gasteiger partial charge in [-0.25, -0.2) is 9.97 Å². The first kappa shape index (κ1) is 35.5. The lowest BCUT2D eigenvalue weighted by atomic mass is 9.92. The molecule has 2 aliphatic carbocycles. The summed E-state index contributed by atoms with van der Waals surface area (Å²) < 4.78 is 2.92. The van der Waals surface area contributed by atoms with Gasteiger partial charge in [0.25, 0.3) is 0 Å². The van der Waals surface area contributed by atoms with Gasteiger partial charge in [0.05, 0.1) is 34.9 Å². The van der Waals surface area contributed by atoms with Gasteiger partial charge in [-0.2, -0.15) is 0 Å². The van der Waals surface area contributed by atoms with Crippen LogP contribution in [0.5, 0.6) is 0 Å². The highest BCUT2D eigenvalue weighted by molar-refractivity contribution is 6.31. The molecule has 0 unspecified atom stereocenters. The van der Waals surface area contributed by atoms with Gasteiger partial charge in [-0.05, 0) is 71.5 Å². The highest BCUT2D eigenvalue weighted by Gasteiger charge is 2.68. The smallest absolute Gasteiger partial charge is 0.323 e. The third-order valence-corrected chi connectivity index (χ3v) is 11.7. The highest BCUT2D eigenvalue weighted by Crippen LogP contribution is 2.68. The van der Waals surface area contributed by atoms with E-state index in [-0.39, 0.29) is 36.7 Å². The number of imidazole rings is 2. The summed E-state index contributed by atoms with van der Waals surface area (Å²) in [6.45, 7) is -0.398. The molecule has 0 saturated heterocycles. The van der Waals surface area contributed by atoms with Gasteiger partial charge < -0.3 is 19.3 Å². The van der Waals surface area contributed by atoms with Crippen molar-refractivity contribution in [3.05, 3.63) is 154 Å². The van der Waals surface area contributed by atoms with Crippen molar-refractivity contribution in [3.63, 3.8) is 0 Å². The van der Waals surface area contributed by atoms with E-state index in [9.17, 15) is 19.2 Å². The van der Waals surface area contributed by atoms with Crippen molar-refractivity contribution in [2.75, 3.05) is 9.80 Å². The largest absolute Gasteiger partial charge is 0.480 e. The van der Waals surface area contributed by atoms with Crippen LogP contribution < -0.4 is 9.80 Å². The maximum Gasteiger partial charge on any atom is 0.323 e. The quantitative estimate of drug-likeness (QED) is 0.162. The molecule has 14 heteroatoms. The molecule has 2 amide bonds. The van der Waals surface area contributed by atoms with E-state index in [2.05, 4.69) is 9.97 Å². The van der Waals surface area contributed by atoms with Crippen molar-refractivity contribution in [3.8, 4) is 0 Å². The number of carbonyl (C=O) groups excluding carboxylic acids is 2. The zero-order valence-corrected chi connectivity index (χ0v) is 31.0. The van der Waals surface area contributed by atoms with Crippen LogP contribution in [0.2, 0.25) is 10.0 Å². The van der Waals surface area contributed by atoms with Crippen LogP contribution in [0.3, 0.4) is 0 Å². The van der Waals surface area contributed by atoms with Crippen LogP contribution in [-0.4, -0.2) is 53.1 Å². The van der Waals surface area contributed by atoms with E-state index in [1.807, 2.05) is 97.1 Å². The molecule has 2 fully saturated rings. The molecule has 0 radical (unpaired) electrons. The van der Waals surface area contributed by atoms with Crippen LogP contribution in [0.25, 0.3) is 0 Å². The van der Waals surface area contributed by atoms with Crippen LogP contribution in [0.1, 0.15) is 46.9 Å².